The normalized spacial score (nSPS) is 10.8. The number of aromatic nitrogens is 2. The van der Waals surface area contributed by atoms with E-state index in [4.69, 9.17) is 0 Å². The van der Waals surface area contributed by atoms with E-state index in [1.54, 1.807) is 6.20 Å². The van der Waals surface area contributed by atoms with Crippen molar-refractivity contribution in [3.8, 4) is 0 Å². The summed E-state index contributed by atoms with van der Waals surface area (Å²) in [6, 6.07) is 16.6. The van der Waals surface area contributed by atoms with Gasteiger partial charge in [-0.15, -0.1) is 0 Å². The van der Waals surface area contributed by atoms with Crippen LogP contribution in [0.5, 0.6) is 0 Å². The zero-order valence-electron chi connectivity index (χ0n) is 20.4. The van der Waals surface area contributed by atoms with E-state index < -0.39 is 0 Å². The van der Waals surface area contributed by atoms with Crippen molar-refractivity contribution in [3.05, 3.63) is 106 Å². The number of aryl methyl sites for hydroxylation is 2. The molecule has 1 heterocycles. The molecule has 5 heteroatoms. The first-order valence-corrected chi connectivity index (χ1v) is 12.1. The van der Waals surface area contributed by atoms with Gasteiger partial charge in [0.1, 0.15) is 5.82 Å². The molecule has 0 unspecified atom stereocenters. The molecule has 0 aliphatic rings. The maximum Gasteiger partial charge on any atom is 0.128 e. The molecule has 0 aliphatic carbocycles. The Morgan fingerprint density at radius 1 is 1.00 bits per heavy atom. The molecule has 1 aromatic heterocycles. The summed E-state index contributed by atoms with van der Waals surface area (Å²) in [5, 5.41) is 11.4. The molecule has 0 atom stereocenters. The summed E-state index contributed by atoms with van der Waals surface area (Å²) in [4.78, 5) is 0. The van der Waals surface area contributed by atoms with Crippen LogP contribution in [-0.4, -0.2) is 22.9 Å². The number of benzene rings is 2. The van der Waals surface area contributed by atoms with Gasteiger partial charge in [-0.05, 0) is 71.1 Å². The van der Waals surface area contributed by atoms with Crippen molar-refractivity contribution in [2.24, 2.45) is 0 Å². The molecule has 4 nitrogen and oxygen atoms in total. The highest BCUT2D eigenvalue weighted by Crippen LogP contribution is 2.22. The molecule has 174 valence electrons. The van der Waals surface area contributed by atoms with Gasteiger partial charge in [0, 0.05) is 18.8 Å². The Hall–Kier alpha value is -3.05. The van der Waals surface area contributed by atoms with Gasteiger partial charge in [-0.2, -0.15) is 5.10 Å². The maximum absolute atomic E-state index is 4.52. The number of nitrogens with zero attached hydrogens (tertiary/aromatic N) is 2. The lowest BCUT2D eigenvalue weighted by Gasteiger charge is -2.16. The topological polar surface area (TPSA) is 41.9 Å². The Kier molecular flexibility index (Phi) is 10.2. The van der Waals surface area contributed by atoms with E-state index in [9.17, 15) is 0 Å². The summed E-state index contributed by atoms with van der Waals surface area (Å²) in [6.07, 6.45) is 3.85. The van der Waals surface area contributed by atoms with Crippen molar-refractivity contribution in [2.75, 3.05) is 13.1 Å². The first-order chi connectivity index (χ1) is 15.9. The van der Waals surface area contributed by atoms with Crippen LogP contribution in [0, 0.1) is 20.8 Å². The fourth-order valence-electron chi connectivity index (χ4n) is 3.33. The molecular weight excluding hydrogens is 472 g/mol. The van der Waals surface area contributed by atoms with Gasteiger partial charge >= 0.3 is 0 Å². The maximum atomic E-state index is 4.52. The number of rotatable bonds is 9. The van der Waals surface area contributed by atoms with E-state index in [1.807, 2.05) is 49.7 Å². The van der Waals surface area contributed by atoms with Gasteiger partial charge in [0.2, 0.25) is 0 Å². The second-order valence-corrected chi connectivity index (χ2v) is 8.42. The number of hydrogen-bond acceptors (Lipinski definition) is 3. The summed E-state index contributed by atoms with van der Waals surface area (Å²) in [5.74, 6) is 0.874. The van der Waals surface area contributed by atoms with Gasteiger partial charge < -0.3 is 10.6 Å². The fourth-order valence-corrected chi connectivity index (χ4v) is 3.59. The molecule has 3 aromatic rings. The molecule has 0 spiro atoms. The SMILES string of the molecule is C=C(NCCN/C(=C/C(=C)c1ccccc1C)n1ncc(Br)c1C)c1cccc(C)c1.CC. The van der Waals surface area contributed by atoms with Crippen LogP contribution in [0.15, 0.2) is 78.4 Å². The van der Waals surface area contributed by atoms with Crippen LogP contribution in [0.2, 0.25) is 0 Å². The zero-order valence-corrected chi connectivity index (χ0v) is 22.0. The van der Waals surface area contributed by atoms with Crippen molar-refractivity contribution >= 4 is 33.0 Å². The third-order valence-corrected chi connectivity index (χ3v) is 5.89. The van der Waals surface area contributed by atoms with Crippen molar-refractivity contribution in [1.29, 1.82) is 0 Å². The van der Waals surface area contributed by atoms with Gasteiger partial charge in [-0.25, -0.2) is 4.68 Å². The molecule has 2 N–H and O–H groups in total. The van der Waals surface area contributed by atoms with Crippen LogP contribution in [0.4, 0.5) is 0 Å². The number of hydrogen-bond donors (Lipinski definition) is 2. The molecule has 0 radical (unpaired) electrons. The summed E-state index contributed by atoms with van der Waals surface area (Å²) < 4.78 is 2.86. The molecular formula is C28H35BrN4. The average Bonchev–Trinajstić information content (AvgIpc) is 3.15. The Labute approximate surface area is 207 Å². The van der Waals surface area contributed by atoms with Crippen LogP contribution in [0.25, 0.3) is 17.1 Å². The predicted molar refractivity (Wildman–Crippen MR) is 147 cm³/mol. The van der Waals surface area contributed by atoms with Gasteiger partial charge in [0.05, 0.1) is 16.4 Å². The Bertz CT molecular complexity index is 1120. The molecule has 3 rings (SSSR count). The van der Waals surface area contributed by atoms with Crippen molar-refractivity contribution < 1.29 is 0 Å². The second kappa shape index (κ2) is 12.9. The molecule has 0 amide bonds. The van der Waals surface area contributed by atoms with Crippen LogP contribution in [0.3, 0.4) is 0 Å². The van der Waals surface area contributed by atoms with Gasteiger partial charge in [0.25, 0.3) is 0 Å². The zero-order chi connectivity index (χ0) is 24.4. The van der Waals surface area contributed by atoms with E-state index in [0.29, 0.717) is 6.54 Å². The molecule has 0 saturated heterocycles. The minimum atomic E-state index is 0.703. The van der Waals surface area contributed by atoms with E-state index in [2.05, 4.69) is 89.0 Å². The Morgan fingerprint density at radius 2 is 1.70 bits per heavy atom. The fraction of sp³-hybridized carbons (Fsp3) is 0.250. The first-order valence-electron chi connectivity index (χ1n) is 11.3. The molecule has 2 aromatic carbocycles. The summed E-state index contributed by atoms with van der Waals surface area (Å²) in [7, 11) is 0. The first kappa shape index (κ1) is 26.2. The van der Waals surface area contributed by atoms with Crippen LogP contribution < -0.4 is 10.6 Å². The molecule has 0 bridgehead atoms. The van der Waals surface area contributed by atoms with Crippen LogP contribution in [-0.2, 0) is 0 Å². The standard InChI is InChI=1S/C26H29BrN4.C2H6/c1-18-9-8-11-23(15-18)21(4)28-13-14-29-26(31-22(5)25(27)17-30-31)16-20(3)24-12-7-6-10-19(24)2;1-2/h6-12,15-17,28-29H,3-4,13-14H2,1-2,5H3;1-2H3/b26-16-;. The smallest absolute Gasteiger partial charge is 0.128 e. The van der Waals surface area contributed by atoms with Gasteiger partial charge in [-0.3, -0.25) is 0 Å². The molecule has 33 heavy (non-hydrogen) atoms. The van der Waals surface area contributed by atoms with Crippen LogP contribution >= 0.6 is 15.9 Å². The summed E-state index contributed by atoms with van der Waals surface area (Å²) in [6.45, 7) is 20.1. The second-order valence-electron chi connectivity index (χ2n) is 7.56. The highest BCUT2D eigenvalue weighted by molar-refractivity contribution is 9.10. The van der Waals surface area contributed by atoms with E-state index in [0.717, 1.165) is 44.9 Å². The molecule has 0 fully saturated rings. The van der Waals surface area contributed by atoms with Crippen molar-refractivity contribution in [3.63, 3.8) is 0 Å². The molecule has 0 aliphatic heterocycles. The third-order valence-electron chi connectivity index (χ3n) is 5.12. The largest absolute Gasteiger partial charge is 0.383 e. The number of halogens is 1. The highest BCUT2D eigenvalue weighted by atomic mass is 79.9. The number of allylic oxidation sites excluding steroid dienone is 2. The average molecular weight is 508 g/mol. The van der Waals surface area contributed by atoms with Gasteiger partial charge in [-0.1, -0.05) is 75.0 Å². The minimum absolute atomic E-state index is 0.703. The van der Waals surface area contributed by atoms with Crippen LogP contribution in [0.1, 0.15) is 41.8 Å². The Morgan fingerprint density at radius 3 is 2.33 bits per heavy atom. The molecule has 0 saturated carbocycles. The lowest BCUT2D eigenvalue weighted by atomic mass is 10.0. The van der Waals surface area contributed by atoms with Gasteiger partial charge in [0.15, 0.2) is 0 Å². The lowest BCUT2D eigenvalue weighted by Crippen LogP contribution is -2.28. The van der Waals surface area contributed by atoms with E-state index in [-0.39, 0.29) is 0 Å². The summed E-state index contributed by atoms with van der Waals surface area (Å²) >= 11 is 3.56. The van der Waals surface area contributed by atoms with E-state index in [1.165, 1.54) is 11.1 Å². The predicted octanol–water partition coefficient (Wildman–Crippen LogP) is 6.96. The quantitative estimate of drug-likeness (QED) is 0.243. The van der Waals surface area contributed by atoms with E-state index >= 15 is 0 Å². The van der Waals surface area contributed by atoms with Crippen molar-refractivity contribution in [2.45, 2.75) is 34.6 Å². The Balaban J connectivity index is 0.00000187. The third kappa shape index (κ3) is 7.22. The summed E-state index contributed by atoms with van der Waals surface area (Å²) in [5.41, 5.74) is 7.51. The number of nitrogens with one attached hydrogen (secondary N) is 2. The highest BCUT2D eigenvalue weighted by Gasteiger charge is 2.10. The van der Waals surface area contributed by atoms with Crippen molar-refractivity contribution in [1.82, 2.24) is 20.4 Å². The minimum Gasteiger partial charge on any atom is -0.383 e. The monoisotopic (exact) mass is 506 g/mol. The lowest BCUT2D eigenvalue weighted by molar-refractivity contribution is 0.727.